The maximum Gasteiger partial charge on any atom is 0.251 e. The zero-order valence-corrected chi connectivity index (χ0v) is 25.4. The predicted molar refractivity (Wildman–Crippen MR) is 168 cm³/mol. The number of nitrogens with one attached hydrogen (secondary N) is 2. The van der Waals surface area contributed by atoms with Gasteiger partial charge in [-0.1, -0.05) is 85.6 Å². The monoisotopic (exact) mass is 636 g/mol. The highest BCUT2D eigenvalue weighted by molar-refractivity contribution is 7.94. The van der Waals surface area contributed by atoms with Crippen LogP contribution in [0.5, 0.6) is 0 Å². The van der Waals surface area contributed by atoms with E-state index in [1.165, 1.54) is 24.3 Å². The van der Waals surface area contributed by atoms with Crippen molar-refractivity contribution in [2.24, 2.45) is 0 Å². The van der Waals surface area contributed by atoms with Gasteiger partial charge in [0.2, 0.25) is 5.91 Å². The van der Waals surface area contributed by atoms with Crippen LogP contribution in [0.25, 0.3) is 11.1 Å². The Balaban J connectivity index is 1.57. The van der Waals surface area contributed by atoms with Crippen LogP contribution in [0.3, 0.4) is 0 Å². The van der Waals surface area contributed by atoms with Crippen LogP contribution in [0.4, 0.5) is 8.78 Å². The highest BCUT2D eigenvalue weighted by atomic mass is 35.5. The SMILES string of the molecule is CCC[C@@H](/C=C/S(=O)(=O)c1ccccc1)NC(=O)[C@H](Cc1c(F)cccc1F)NC(=O)c1ccc(-c2ccccc2Cl)cc1. The molecule has 0 aliphatic carbocycles. The number of rotatable bonds is 12. The molecule has 0 unspecified atom stereocenters. The van der Waals surface area contributed by atoms with E-state index in [-0.39, 0.29) is 16.0 Å². The van der Waals surface area contributed by atoms with E-state index in [4.69, 9.17) is 11.6 Å². The van der Waals surface area contributed by atoms with Gasteiger partial charge in [-0.15, -0.1) is 0 Å². The second-order valence-electron chi connectivity index (χ2n) is 10.1. The molecule has 44 heavy (non-hydrogen) atoms. The van der Waals surface area contributed by atoms with Crippen LogP contribution in [0, 0.1) is 11.6 Å². The van der Waals surface area contributed by atoms with Gasteiger partial charge in [0.15, 0.2) is 9.84 Å². The highest BCUT2D eigenvalue weighted by Gasteiger charge is 2.26. The van der Waals surface area contributed by atoms with Crippen molar-refractivity contribution in [1.82, 2.24) is 10.6 Å². The molecule has 0 fully saturated rings. The fraction of sp³-hybridized carbons (Fsp3) is 0.176. The van der Waals surface area contributed by atoms with Gasteiger partial charge >= 0.3 is 0 Å². The summed E-state index contributed by atoms with van der Waals surface area (Å²) in [6.45, 7) is 1.86. The van der Waals surface area contributed by atoms with E-state index in [0.717, 1.165) is 28.7 Å². The summed E-state index contributed by atoms with van der Waals surface area (Å²) in [5.41, 5.74) is 1.40. The van der Waals surface area contributed by atoms with Crippen LogP contribution in [0.1, 0.15) is 35.7 Å². The van der Waals surface area contributed by atoms with Gasteiger partial charge in [0.1, 0.15) is 17.7 Å². The highest BCUT2D eigenvalue weighted by Crippen LogP contribution is 2.27. The molecule has 0 aliphatic rings. The van der Waals surface area contributed by atoms with Crippen molar-refractivity contribution in [2.75, 3.05) is 0 Å². The third-order valence-corrected chi connectivity index (χ3v) is 8.69. The molecule has 0 radical (unpaired) electrons. The van der Waals surface area contributed by atoms with Gasteiger partial charge in [0, 0.05) is 39.6 Å². The van der Waals surface area contributed by atoms with Crippen LogP contribution >= 0.6 is 11.6 Å². The van der Waals surface area contributed by atoms with Crippen molar-refractivity contribution in [2.45, 2.75) is 43.2 Å². The summed E-state index contributed by atoms with van der Waals surface area (Å²) in [6, 6.07) is 22.8. The maximum absolute atomic E-state index is 14.6. The summed E-state index contributed by atoms with van der Waals surface area (Å²) in [5, 5.41) is 6.89. The average molecular weight is 637 g/mol. The van der Waals surface area contributed by atoms with Crippen LogP contribution in [-0.4, -0.2) is 32.3 Å². The van der Waals surface area contributed by atoms with E-state index in [1.807, 2.05) is 19.1 Å². The molecule has 4 aromatic rings. The molecule has 228 valence electrons. The van der Waals surface area contributed by atoms with Crippen molar-refractivity contribution in [3.63, 3.8) is 0 Å². The number of halogens is 3. The van der Waals surface area contributed by atoms with Gasteiger partial charge in [-0.05, 0) is 54.4 Å². The minimum absolute atomic E-state index is 0.0959. The number of hydrogen-bond acceptors (Lipinski definition) is 4. The molecule has 2 atom stereocenters. The molecular formula is C34H31ClF2N2O4S. The molecular weight excluding hydrogens is 606 g/mol. The Morgan fingerprint density at radius 1 is 0.841 bits per heavy atom. The Morgan fingerprint density at radius 2 is 1.48 bits per heavy atom. The van der Waals surface area contributed by atoms with Gasteiger partial charge in [0.05, 0.1) is 4.90 Å². The number of carbonyl (C=O) groups is 2. The molecule has 0 aromatic heterocycles. The summed E-state index contributed by atoms with van der Waals surface area (Å²) in [7, 11) is -3.78. The molecule has 2 N–H and O–H groups in total. The lowest BCUT2D eigenvalue weighted by Crippen LogP contribution is -2.50. The van der Waals surface area contributed by atoms with E-state index in [2.05, 4.69) is 10.6 Å². The molecule has 4 rings (SSSR count). The van der Waals surface area contributed by atoms with Crippen LogP contribution in [-0.2, 0) is 21.1 Å². The van der Waals surface area contributed by atoms with Crippen LogP contribution in [0.15, 0.2) is 113 Å². The Kier molecular flexibility index (Phi) is 11.0. The lowest BCUT2D eigenvalue weighted by Gasteiger charge is -2.22. The number of amides is 2. The Bertz CT molecular complexity index is 1730. The first-order valence-corrected chi connectivity index (χ1v) is 15.9. The molecule has 0 bridgehead atoms. The molecule has 0 aliphatic heterocycles. The van der Waals surface area contributed by atoms with E-state index >= 15 is 0 Å². The quantitative estimate of drug-likeness (QED) is 0.177. The summed E-state index contributed by atoms with van der Waals surface area (Å²) in [4.78, 5) is 26.9. The summed E-state index contributed by atoms with van der Waals surface area (Å²) in [5.74, 6) is -3.09. The Labute approximate surface area is 260 Å². The van der Waals surface area contributed by atoms with E-state index in [1.54, 1.807) is 54.6 Å². The van der Waals surface area contributed by atoms with Gasteiger partial charge in [-0.25, -0.2) is 17.2 Å². The Hall–Kier alpha value is -4.34. The topological polar surface area (TPSA) is 92.3 Å². The minimum atomic E-state index is -3.78. The second kappa shape index (κ2) is 14.9. The first-order valence-electron chi connectivity index (χ1n) is 14.0. The lowest BCUT2D eigenvalue weighted by molar-refractivity contribution is -0.123. The normalized spacial score (nSPS) is 12.9. The average Bonchev–Trinajstić information content (AvgIpc) is 3.02. The number of carbonyl (C=O) groups excluding carboxylic acids is 2. The minimum Gasteiger partial charge on any atom is -0.348 e. The zero-order valence-electron chi connectivity index (χ0n) is 23.8. The second-order valence-corrected chi connectivity index (χ2v) is 12.3. The molecule has 0 spiro atoms. The van der Waals surface area contributed by atoms with Crippen molar-refractivity contribution in [3.8, 4) is 11.1 Å². The third-order valence-electron chi connectivity index (χ3n) is 6.91. The van der Waals surface area contributed by atoms with E-state index in [9.17, 15) is 26.8 Å². The molecule has 0 heterocycles. The molecule has 0 saturated heterocycles. The van der Waals surface area contributed by atoms with Gasteiger partial charge < -0.3 is 10.6 Å². The number of sulfone groups is 1. The summed E-state index contributed by atoms with van der Waals surface area (Å²) >= 11 is 6.29. The van der Waals surface area contributed by atoms with E-state index < -0.39 is 51.8 Å². The van der Waals surface area contributed by atoms with Crippen LogP contribution in [0.2, 0.25) is 5.02 Å². The fourth-order valence-electron chi connectivity index (χ4n) is 4.58. The van der Waals surface area contributed by atoms with Crippen molar-refractivity contribution in [1.29, 1.82) is 0 Å². The lowest BCUT2D eigenvalue weighted by atomic mass is 10.0. The van der Waals surface area contributed by atoms with E-state index in [0.29, 0.717) is 17.9 Å². The Morgan fingerprint density at radius 3 is 2.11 bits per heavy atom. The summed E-state index contributed by atoms with van der Waals surface area (Å²) in [6.07, 6.45) is 1.86. The smallest absolute Gasteiger partial charge is 0.251 e. The number of hydrogen-bond donors (Lipinski definition) is 2. The van der Waals surface area contributed by atoms with Crippen molar-refractivity contribution >= 4 is 33.3 Å². The van der Waals surface area contributed by atoms with Crippen LogP contribution < -0.4 is 10.6 Å². The van der Waals surface area contributed by atoms with Gasteiger partial charge in [-0.2, -0.15) is 0 Å². The standard InChI is InChI=1S/C34H31ClF2N2O4S/c1-2-9-25(20-21-44(42,43)26-10-4-3-5-11-26)38-34(41)32(22-28-30(36)14-8-15-31(28)37)39-33(40)24-18-16-23(17-19-24)27-12-6-7-13-29(27)35/h3-8,10-21,25,32H,2,9,22H2,1H3,(H,38,41)(H,39,40)/b21-20+/t25-,32-/m0/s1. The molecule has 4 aromatic carbocycles. The third kappa shape index (κ3) is 8.39. The maximum atomic E-state index is 14.6. The van der Waals surface area contributed by atoms with Crippen molar-refractivity contribution in [3.05, 3.63) is 136 Å². The predicted octanol–water partition coefficient (Wildman–Crippen LogP) is 6.90. The molecule has 6 nitrogen and oxygen atoms in total. The molecule has 2 amide bonds. The van der Waals surface area contributed by atoms with Gasteiger partial charge in [0.25, 0.3) is 5.91 Å². The van der Waals surface area contributed by atoms with Gasteiger partial charge in [-0.3, -0.25) is 9.59 Å². The largest absolute Gasteiger partial charge is 0.348 e. The summed E-state index contributed by atoms with van der Waals surface area (Å²) < 4.78 is 54.7. The first kappa shape index (κ1) is 32.6. The van der Waals surface area contributed by atoms with Crippen molar-refractivity contribution < 1.29 is 26.8 Å². The molecule has 0 saturated carbocycles. The molecule has 10 heteroatoms. The fourth-order valence-corrected chi connectivity index (χ4v) is 5.91. The number of benzene rings is 4. The zero-order chi connectivity index (χ0) is 31.7. The first-order chi connectivity index (χ1) is 21.1.